The SMILES string of the molecule is CC(C)n1cnc(-c2ccc(Cl)cc2)c1N. The van der Waals surface area contributed by atoms with Crippen LogP contribution in [0.25, 0.3) is 11.3 Å². The molecule has 0 radical (unpaired) electrons. The highest BCUT2D eigenvalue weighted by atomic mass is 35.5. The zero-order valence-electron chi connectivity index (χ0n) is 9.31. The molecule has 1 aromatic carbocycles. The second-order valence-electron chi connectivity index (χ2n) is 3.99. The van der Waals surface area contributed by atoms with Gasteiger partial charge in [-0.05, 0) is 26.0 Å². The average molecular weight is 236 g/mol. The molecule has 0 bridgehead atoms. The van der Waals surface area contributed by atoms with Crippen LogP contribution in [0.5, 0.6) is 0 Å². The molecule has 4 heteroatoms. The number of benzene rings is 1. The van der Waals surface area contributed by atoms with Crippen LogP contribution in [0.1, 0.15) is 19.9 Å². The molecule has 1 heterocycles. The van der Waals surface area contributed by atoms with E-state index in [1.165, 1.54) is 0 Å². The van der Waals surface area contributed by atoms with E-state index in [9.17, 15) is 0 Å². The molecule has 0 saturated carbocycles. The third kappa shape index (κ3) is 1.91. The number of imidazole rings is 1. The van der Waals surface area contributed by atoms with Gasteiger partial charge in [0.2, 0.25) is 0 Å². The Morgan fingerprint density at radius 2 is 1.88 bits per heavy atom. The van der Waals surface area contributed by atoms with E-state index >= 15 is 0 Å². The number of hydrogen-bond acceptors (Lipinski definition) is 2. The summed E-state index contributed by atoms with van der Waals surface area (Å²) in [5, 5.41) is 0.714. The lowest BCUT2D eigenvalue weighted by molar-refractivity contribution is 0.607. The Morgan fingerprint density at radius 1 is 1.25 bits per heavy atom. The topological polar surface area (TPSA) is 43.8 Å². The van der Waals surface area contributed by atoms with Crippen molar-refractivity contribution >= 4 is 17.4 Å². The Morgan fingerprint density at radius 3 is 2.38 bits per heavy atom. The summed E-state index contributed by atoms with van der Waals surface area (Å²) in [5.41, 5.74) is 7.84. The quantitative estimate of drug-likeness (QED) is 0.868. The van der Waals surface area contributed by atoms with Crippen LogP contribution in [0, 0.1) is 0 Å². The van der Waals surface area contributed by atoms with Gasteiger partial charge in [-0.2, -0.15) is 0 Å². The molecular formula is C12H14ClN3. The second kappa shape index (κ2) is 4.18. The molecule has 16 heavy (non-hydrogen) atoms. The first-order valence-corrected chi connectivity index (χ1v) is 5.55. The van der Waals surface area contributed by atoms with Gasteiger partial charge in [0.25, 0.3) is 0 Å². The number of nitrogens with two attached hydrogens (primary N) is 1. The molecule has 0 aliphatic carbocycles. The largest absolute Gasteiger partial charge is 0.383 e. The molecule has 0 fully saturated rings. The first-order chi connectivity index (χ1) is 7.59. The molecule has 0 amide bonds. The highest BCUT2D eigenvalue weighted by Crippen LogP contribution is 2.27. The third-order valence-corrected chi connectivity index (χ3v) is 2.76. The van der Waals surface area contributed by atoms with Crippen LogP contribution in [-0.4, -0.2) is 9.55 Å². The summed E-state index contributed by atoms with van der Waals surface area (Å²) in [6.07, 6.45) is 1.77. The van der Waals surface area contributed by atoms with Gasteiger partial charge in [-0.25, -0.2) is 4.98 Å². The molecule has 0 aliphatic rings. The first-order valence-electron chi connectivity index (χ1n) is 5.18. The number of halogens is 1. The Balaban J connectivity index is 2.45. The van der Waals surface area contributed by atoms with Crippen molar-refractivity contribution in [2.45, 2.75) is 19.9 Å². The molecule has 0 spiro atoms. The smallest absolute Gasteiger partial charge is 0.131 e. The maximum atomic E-state index is 6.04. The minimum Gasteiger partial charge on any atom is -0.383 e. The van der Waals surface area contributed by atoms with Crippen molar-refractivity contribution in [3.8, 4) is 11.3 Å². The molecular weight excluding hydrogens is 222 g/mol. The fourth-order valence-corrected chi connectivity index (χ4v) is 1.74. The molecule has 0 unspecified atom stereocenters. The molecule has 0 atom stereocenters. The van der Waals surface area contributed by atoms with Crippen molar-refractivity contribution in [3.63, 3.8) is 0 Å². The predicted octanol–water partition coefficient (Wildman–Crippen LogP) is 3.37. The van der Waals surface area contributed by atoms with E-state index in [4.69, 9.17) is 17.3 Å². The van der Waals surface area contributed by atoms with Gasteiger partial charge in [0.15, 0.2) is 0 Å². The van der Waals surface area contributed by atoms with E-state index in [0.29, 0.717) is 16.9 Å². The normalized spacial score (nSPS) is 11.0. The standard InChI is InChI=1S/C12H14ClN3/c1-8(2)16-7-15-11(12(16)14)9-3-5-10(13)6-4-9/h3-8H,14H2,1-2H3. The van der Waals surface area contributed by atoms with Crippen LogP contribution in [0.2, 0.25) is 5.02 Å². The van der Waals surface area contributed by atoms with E-state index in [0.717, 1.165) is 11.3 Å². The summed E-state index contributed by atoms with van der Waals surface area (Å²) in [5.74, 6) is 0.692. The highest BCUT2D eigenvalue weighted by Gasteiger charge is 2.11. The molecule has 0 aliphatic heterocycles. The number of anilines is 1. The molecule has 2 aromatic rings. The van der Waals surface area contributed by atoms with E-state index in [2.05, 4.69) is 18.8 Å². The maximum Gasteiger partial charge on any atom is 0.131 e. The van der Waals surface area contributed by atoms with Gasteiger partial charge >= 0.3 is 0 Å². The Labute approximate surface area is 99.9 Å². The van der Waals surface area contributed by atoms with E-state index in [1.54, 1.807) is 6.33 Å². The van der Waals surface area contributed by atoms with Crippen molar-refractivity contribution in [2.75, 3.05) is 5.73 Å². The number of rotatable bonds is 2. The van der Waals surface area contributed by atoms with Crippen LogP contribution in [0.15, 0.2) is 30.6 Å². The highest BCUT2D eigenvalue weighted by molar-refractivity contribution is 6.30. The lowest BCUT2D eigenvalue weighted by Crippen LogP contribution is -2.04. The Kier molecular flexibility index (Phi) is 2.88. The van der Waals surface area contributed by atoms with Gasteiger partial charge in [-0.15, -0.1) is 0 Å². The lowest BCUT2D eigenvalue weighted by atomic mass is 10.1. The summed E-state index contributed by atoms with van der Waals surface area (Å²) in [6.45, 7) is 4.15. The van der Waals surface area contributed by atoms with Gasteiger partial charge in [0, 0.05) is 16.6 Å². The molecule has 2 N–H and O–H groups in total. The fourth-order valence-electron chi connectivity index (χ4n) is 1.61. The van der Waals surface area contributed by atoms with Crippen LogP contribution < -0.4 is 5.73 Å². The fraction of sp³-hybridized carbons (Fsp3) is 0.250. The van der Waals surface area contributed by atoms with Gasteiger partial charge in [-0.3, -0.25) is 0 Å². The number of aromatic nitrogens is 2. The van der Waals surface area contributed by atoms with E-state index in [-0.39, 0.29) is 0 Å². The predicted molar refractivity (Wildman–Crippen MR) is 67.5 cm³/mol. The monoisotopic (exact) mass is 235 g/mol. The summed E-state index contributed by atoms with van der Waals surface area (Å²) in [7, 11) is 0. The zero-order chi connectivity index (χ0) is 11.7. The summed E-state index contributed by atoms with van der Waals surface area (Å²) in [4.78, 5) is 4.33. The zero-order valence-corrected chi connectivity index (χ0v) is 10.1. The molecule has 2 rings (SSSR count). The summed E-state index contributed by atoms with van der Waals surface area (Å²) >= 11 is 5.84. The molecule has 1 aromatic heterocycles. The molecule has 3 nitrogen and oxygen atoms in total. The third-order valence-electron chi connectivity index (χ3n) is 2.51. The van der Waals surface area contributed by atoms with Crippen molar-refractivity contribution in [1.82, 2.24) is 9.55 Å². The molecule has 84 valence electrons. The first kappa shape index (κ1) is 11.0. The molecule has 0 saturated heterocycles. The van der Waals surface area contributed by atoms with Gasteiger partial charge in [-0.1, -0.05) is 23.7 Å². The Bertz CT molecular complexity index is 485. The lowest BCUT2D eigenvalue weighted by Gasteiger charge is -2.08. The Hall–Kier alpha value is -1.48. The van der Waals surface area contributed by atoms with E-state index in [1.807, 2.05) is 28.8 Å². The van der Waals surface area contributed by atoms with Crippen molar-refractivity contribution < 1.29 is 0 Å². The van der Waals surface area contributed by atoms with Crippen LogP contribution in [-0.2, 0) is 0 Å². The average Bonchev–Trinajstić information content (AvgIpc) is 2.61. The minimum atomic E-state index is 0.313. The van der Waals surface area contributed by atoms with Crippen molar-refractivity contribution in [3.05, 3.63) is 35.6 Å². The number of hydrogen-bond donors (Lipinski definition) is 1. The van der Waals surface area contributed by atoms with Crippen LogP contribution in [0.4, 0.5) is 5.82 Å². The minimum absolute atomic E-state index is 0.313. The van der Waals surface area contributed by atoms with Gasteiger partial charge in [0.05, 0.1) is 6.33 Å². The van der Waals surface area contributed by atoms with E-state index < -0.39 is 0 Å². The summed E-state index contributed by atoms with van der Waals surface area (Å²) < 4.78 is 1.95. The van der Waals surface area contributed by atoms with Crippen LogP contribution in [0.3, 0.4) is 0 Å². The summed E-state index contributed by atoms with van der Waals surface area (Å²) in [6, 6.07) is 7.83. The second-order valence-corrected chi connectivity index (χ2v) is 4.42. The number of nitrogens with zero attached hydrogens (tertiary/aromatic N) is 2. The van der Waals surface area contributed by atoms with Crippen molar-refractivity contribution in [2.24, 2.45) is 0 Å². The van der Waals surface area contributed by atoms with Crippen molar-refractivity contribution in [1.29, 1.82) is 0 Å². The number of nitrogen functional groups attached to an aromatic ring is 1. The van der Waals surface area contributed by atoms with Gasteiger partial charge in [0.1, 0.15) is 11.5 Å². The van der Waals surface area contributed by atoms with Gasteiger partial charge < -0.3 is 10.3 Å². The van der Waals surface area contributed by atoms with Crippen LogP contribution >= 0.6 is 11.6 Å². The maximum absolute atomic E-state index is 6.04.